The van der Waals surface area contributed by atoms with Crippen LogP contribution in [0.25, 0.3) is 11.3 Å². The summed E-state index contributed by atoms with van der Waals surface area (Å²) in [7, 11) is 0. The molecular weight excluding hydrogens is 444 g/mol. The third kappa shape index (κ3) is 4.94. The number of aryl methyl sites for hydroxylation is 1. The molecule has 174 valence electrons. The highest BCUT2D eigenvalue weighted by molar-refractivity contribution is 6.33. The van der Waals surface area contributed by atoms with Crippen LogP contribution in [0.5, 0.6) is 0 Å². The highest BCUT2D eigenvalue weighted by atomic mass is 35.5. The number of aromatic nitrogens is 2. The summed E-state index contributed by atoms with van der Waals surface area (Å²) in [6, 6.07) is 19.2. The molecule has 0 unspecified atom stereocenters. The van der Waals surface area contributed by atoms with Gasteiger partial charge in [-0.2, -0.15) is 5.26 Å². The second-order valence-corrected chi connectivity index (χ2v) is 9.82. The van der Waals surface area contributed by atoms with Gasteiger partial charge in [0.05, 0.1) is 22.2 Å². The largest absolute Gasteiger partial charge is 0.381 e. The molecule has 1 aliphatic carbocycles. The van der Waals surface area contributed by atoms with Crippen molar-refractivity contribution in [1.29, 1.82) is 5.26 Å². The molecule has 2 aromatic heterocycles. The maximum atomic E-state index is 9.72. The minimum Gasteiger partial charge on any atom is -0.381 e. The van der Waals surface area contributed by atoms with Crippen molar-refractivity contribution in [3.63, 3.8) is 0 Å². The summed E-state index contributed by atoms with van der Waals surface area (Å²) in [5.41, 5.74) is 5.24. The van der Waals surface area contributed by atoms with Crippen molar-refractivity contribution < 1.29 is 4.74 Å². The average Bonchev–Trinajstić information content (AvgIpc) is 2.89. The van der Waals surface area contributed by atoms with Crippen LogP contribution >= 0.6 is 11.6 Å². The van der Waals surface area contributed by atoms with Gasteiger partial charge in [0.15, 0.2) is 0 Å². The van der Waals surface area contributed by atoms with E-state index in [4.69, 9.17) is 21.3 Å². The normalized spacial score (nSPS) is 19.1. The Labute approximate surface area is 206 Å². The number of nitriles is 1. The lowest BCUT2D eigenvalue weighted by Gasteiger charge is -2.30. The SMILES string of the molecule is N#CC1(CNc2cccc(-c3cc(C[C@H]4CCCc5ccccc54)ncc3Cl)n2)CCOCC1. The molecule has 3 aromatic rings. The number of halogens is 1. The number of fused-ring (bicyclic) bond motifs is 1. The molecule has 34 heavy (non-hydrogen) atoms. The van der Waals surface area contributed by atoms with Crippen molar-refractivity contribution in [3.05, 3.63) is 76.6 Å². The van der Waals surface area contributed by atoms with Gasteiger partial charge < -0.3 is 10.1 Å². The minimum atomic E-state index is -0.409. The summed E-state index contributed by atoms with van der Waals surface area (Å²) in [6.45, 7) is 1.81. The molecule has 1 saturated heterocycles. The molecule has 0 saturated carbocycles. The van der Waals surface area contributed by atoms with Gasteiger partial charge in [-0.3, -0.25) is 4.98 Å². The van der Waals surface area contributed by atoms with E-state index in [9.17, 15) is 5.26 Å². The van der Waals surface area contributed by atoms with Crippen molar-refractivity contribution >= 4 is 17.4 Å². The summed E-state index contributed by atoms with van der Waals surface area (Å²) in [5, 5.41) is 13.7. The molecule has 5 nitrogen and oxygen atoms in total. The van der Waals surface area contributed by atoms with Gasteiger partial charge in [0, 0.05) is 37.2 Å². The number of rotatable bonds is 6. The number of anilines is 1. The van der Waals surface area contributed by atoms with E-state index in [0.717, 1.165) is 48.5 Å². The van der Waals surface area contributed by atoms with E-state index in [1.54, 1.807) is 6.20 Å². The lowest BCUT2D eigenvalue weighted by atomic mass is 9.80. The second-order valence-electron chi connectivity index (χ2n) is 9.41. The topological polar surface area (TPSA) is 70.8 Å². The standard InChI is InChI=1S/C28H29ClN4O/c29-25-17-31-22(15-21-7-3-6-20-5-1-2-8-23(20)21)16-24(25)26-9-4-10-27(33-26)32-19-28(18-30)11-13-34-14-12-28/h1-2,4-5,8-10,16-17,21H,3,6-7,11-15,19H2,(H,32,33)/t21-/m1/s1. The first-order chi connectivity index (χ1) is 16.7. The van der Waals surface area contributed by atoms with Gasteiger partial charge in [-0.1, -0.05) is 41.9 Å². The first kappa shape index (κ1) is 22.8. The summed E-state index contributed by atoms with van der Waals surface area (Å²) in [6.07, 6.45) is 7.67. The third-order valence-corrected chi connectivity index (χ3v) is 7.48. The number of hydrogen-bond donors (Lipinski definition) is 1. The minimum absolute atomic E-state index is 0.409. The molecule has 1 N–H and O–H groups in total. The van der Waals surface area contributed by atoms with Gasteiger partial charge >= 0.3 is 0 Å². The molecule has 1 aliphatic heterocycles. The smallest absolute Gasteiger partial charge is 0.126 e. The van der Waals surface area contributed by atoms with Crippen molar-refractivity contribution in [3.8, 4) is 17.3 Å². The fraction of sp³-hybridized carbons (Fsp3) is 0.393. The van der Waals surface area contributed by atoms with Crippen LogP contribution in [0.15, 0.2) is 54.7 Å². The summed E-state index contributed by atoms with van der Waals surface area (Å²) in [4.78, 5) is 9.46. The Balaban J connectivity index is 1.34. The predicted molar refractivity (Wildman–Crippen MR) is 135 cm³/mol. The number of hydrogen-bond acceptors (Lipinski definition) is 5. The van der Waals surface area contributed by atoms with Crippen LogP contribution in [0.1, 0.15) is 48.4 Å². The summed E-state index contributed by atoms with van der Waals surface area (Å²) >= 11 is 6.57. The van der Waals surface area contributed by atoms with Gasteiger partial charge in [0.1, 0.15) is 5.82 Å². The number of nitrogens with zero attached hydrogens (tertiary/aromatic N) is 3. The third-order valence-electron chi connectivity index (χ3n) is 7.18. The molecule has 2 aliphatic rings. The fourth-order valence-electron chi connectivity index (χ4n) is 5.14. The molecule has 0 amide bonds. The van der Waals surface area contributed by atoms with Crippen LogP contribution in [0.4, 0.5) is 5.82 Å². The zero-order valence-electron chi connectivity index (χ0n) is 19.3. The van der Waals surface area contributed by atoms with Gasteiger partial charge in [0.25, 0.3) is 0 Å². The van der Waals surface area contributed by atoms with E-state index in [-0.39, 0.29) is 0 Å². The molecule has 6 heteroatoms. The fourth-order valence-corrected chi connectivity index (χ4v) is 5.34. The van der Waals surface area contributed by atoms with E-state index in [1.165, 1.54) is 24.0 Å². The van der Waals surface area contributed by atoms with E-state index < -0.39 is 5.41 Å². The number of ether oxygens (including phenoxy) is 1. The summed E-state index contributed by atoms with van der Waals surface area (Å²) < 4.78 is 5.44. The number of nitrogens with one attached hydrogen (secondary N) is 1. The Kier molecular flexibility index (Phi) is 6.80. The lowest BCUT2D eigenvalue weighted by molar-refractivity contribution is 0.0455. The number of benzene rings is 1. The second kappa shape index (κ2) is 10.1. The van der Waals surface area contributed by atoms with E-state index in [2.05, 4.69) is 46.7 Å². The number of pyridine rings is 2. The van der Waals surface area contributed by atoms with Crippen LogP contribution < -0.4 is 5.32 Å². The summed E-state index contributed by atoms with van der Waals surface area (Å²) in [5.74, 6) is 1.23. The van der Waals surface area contributed by atoms with Gasteiger partial charge in [-0.25, -0.2) is 4.98 Å². The highest BCUT2D eigenvalue weighted by Gasteiger charge is 2.32. The van der Waals surface area contributed by atoms with E-state index in [0.29, 0.717) is 30.7 Å². The Morgan fingerprint density at radius 2 is 2.00 bits per heavy atom. The van der Waals surface area contributed by atoms with Gasteiger partial charge in [0.2, 0.25) is 0 Å². The van der Waals surface area contributed by atoms with Crippen molar-refractivity contribution in [2.75, 3.05) is 25.1 Å². The maximum Gasteiger partial charge on any atom is 0.126 e. The van der Waals surface area contributed by atoms with Crippen LogP contribution in [0, 0.1) is 16.7 Å². The average molecular weight is 473 g/mol. The Bertz CT molecular complexity index is 1200. The molecule has 0 radical (unpaired) electrons. The lowest BCUT2D eigenvalue weighted by Crippen LogP contribution is -2.34. The van der Waals surface area contributed by atoms with Crippen molar-refractivity contribution in [2.24, 2.45) is 5.41 Å². The Morgan fingerprint density at radius 1 is 1.15 bits per heavy atom. The molecule has 1 aromatic carbocycles. The van der Waals surface area contributed by atoms with Crippen LogP contribution in [-0.4, -0.2) is 29.7 Å². The maximum absolute atomic E-state index is 9.72. The zero-order chi connectivity index (χ0) is 23.4. The van der Waals surface area contributed by atoms with Crippen molar-refractivity contribution in [1.82, 2.24) is 9.97 Å². The van der Waals surface area contributed by atoms with Gasteiger partial charge in [-0.15, -0.1) is 0 Å². The monoisotopic (exact) mass is 472 g/mol. The first-order valence-electron chi connectivity index (χ1n) is 12.1. The van der Waals surface area contributed by atoms with Crippen molar-refractivity contribution in [2.45, 2.75) is 44.4 Å². The van der Waals surface area contributed by atoms with E-state index >= 15 is 0 Å². The highest BCUT2D eigenvalue weighted by Crippen LogP contribution is 2.35. The van der Waals surface area contributed by atoms with E-state index in [1.807, 2.05) is 18.2 Å². The zero-order valence-corrected chi connectivity index (χ0v) is 20.0. The first-order valence-corrected chi connectivity index (χ1v) is 12.5. The Morgan fingerprint density at radius 3 is 2.85 bits per heavy atom. The molecular formula is C28H29ClN4O. The van der Waals surface area contributed by atoms with Gasteiger partial charge in [-0.05, 0) is 73.8 Å². The molecule has 3 heterocycles. The molecule has 1 atom stereocenters. The molecule has 1 fully saturated rings. The van der Waals surface area contributed by atoms with Crippen LogP contribution in [0.3, 0.4) is 0 Å². The quantitative estimate of drug-likeness (QED) is 0.463. The van der Waals surface area contributed by atoms with Crippen LogP contribution in [-0.2, 0) is 17.6 Å². The molecule has 0 spiro atoms. The molecule has 5 rings (SSSR count). The van der Waals surface area contributed by atoms with Crippen LogP contribution in [0.2, 0.25) is 5.02 Å². The Hall–Kier alpha value is -2.94. The predicted octanol–water partition coefficient (Wildman–Crippen LogP) is 6.19. The molecule has 0 bridgehead atoms.